The molecule has 1 aromatic heterocycles. The van der Waals surface area contributed by atoms with Crippen LogP contribution in [-0.4, -0.2) is 21.9 Å². The summed E-state index contributed by atoms with van der Waals surface area (Å²) in [4.78, 5) is 8.21. The quantitative estimate of drug-likeness (QED) is 0.756. The SMILES string of the molecule is CCC(Cl)CNc1ncc(C)cn1. The van der Waals surface area contributed by atoms with Gasteiger partial charge in [0.25, 0.3) is 0 Å². The lowest BCUT2D eigenvalue weighted by Gasteiger charge is -2.07. The number of halogens is 1. The fourth-order valence-corrected chi connectivity index (χ4v) is 0.907. The molecule has 0 aliphatic heterocycles. The summed E-state index contributed by atoms with van der Waals surface area (Å²) in [6.45, 7) is 4.72. The van der Waals surface area contributed by atoms with E-state index in [1.54, 1.807) is 12.4 Å². The third-order valence-electron chi connectivity index (χ3n) is 1.71. The first-order chi connectivity index (χ1) is 6.22. The van der Waals surface area contributed by atoms with E-state index in [-0.39, 0.29) is 5.38 Å². The van der Waals surface area contributed by atoms with Crippen LogP contribution in [0.1, 0.15) is 18.9 Å². The summed E-state index contributed by atoms with van der Waals surface area (Å²) in [6, 6.07) is 0. The molecule has 0 aliphatic rings. The van der Waals surface area contributed by atoms with Gasteiger partial charge in [-0.3, -0.25) is 0 Å². The lowest BCUT2D eigenvalue weighted by molar-refractivity contribution is 0.835. The van der Waals surface area contributed by atoms with Gasteiger partial charge in [-0.25, -0.2) is 9.97 Å². The third kappa shape index (κ3) is 3.59. The van der Waals surface area contributed by atoms with Crippen LogP contribution in [0.15, 0.2) is 12.4 Å². The van der Waals surface area contributed by atoms with E-state index in [0.717, 1.165) is 12.0 Å². The van der Waals surface area contributed by atoms with Gasteiger partial charge in [0.1, 0.15) is 0 Å². The summed E-state index contributed by atoms with van der Waals surface area (Å²) in [5.41, 5.74) is 1.06. The average Bonchev–Trinajstić information content (AvgIpc) is 2.16. The second-order valence-corrected chi connectivity index (χ2v) is 3.59. The highest BCUT2D eigenvalue weighted by molar-refractivity contribution is 6.20. The van der Waals surface area contributed by atoms with E-state index < -0.39 is 0 Å². The van der Waals surface area contributed by atoms with E-state index in [9.17, 15) is 0 Å². The van der Waals surface area contributed by atoms with Crippen LogP contribution in [-0.2, 0) is 0 Å². The Morgan fingerprint density at radius 2 is 2.08 bits per heavy atom. The maximum atomic E-state index is 5.93. The van der Waals surface area contributed by atoms with E-state index in [0.29, 0.717) is 12.5 Å². The molecular formula is C9H14ClN3. The number of hydrogen-bond acceptors (Lipinski definition) is 3. The molecule has 1 heterocycles. The predicted octanol–water partition coefficient (Wildman–Crippen LogP) is 2.21. The molecule has 72 valence electrons. The van der Waals surface area contributed by atoms with Crippen molar-refractivity contribution in [2.45, 2.75) is 25.6 Å². The molecule has 0 aliphatic carbocycles. The lowest BCUT2D eigenvalue weighted by Crippen LogP contribution is -2.14. The molecule has 0 fully saturated rings. The zero-order valence-electron chi connectivity index (χ0n) is 7.92. The predicted molar refractivity (Wildman–Crippen MR) is 55.2 cm³/mol. The Morgan fingerprint density at radius 1 is 1.46 bits per heavy atom. The zero-order valence-corrected chi connectivity index (χ0v) is 8.67. The maximum Gasteiger partial charge on any atom is 0.222 e. The summed E-state index contributed by atoms with van der Waals surface area (Å²) in [6.07, 6.45) is 4.51. The van der Waals surface area contributed by atoms with Crippen LogP contribution in [0.2, 0.25) is 0 Å². The van der Waals surface area contributed by atoms with E-state index >= 15 is 0 Å². The molecule has 1 atom stereocenters. The minimum atomic E-state index is 0.143. The van der Waals surface area contributed by atoms with Gasteiger partial charge in [0, 0.05) is 18.9 Å². The first-order valence-corrected chi connectivity index (χ1v) is 4.82. The van der Waals surface area contributed by atoms with Crippen LogP contribution in [0, 0.1) is 6.92 Å². The van der Waals surface area contributed by atoms with Gasteiger partial charge >= 0.3 is 0 Å². The number of rotatable bonds is 4. The van der Waals surface area contributed by atoms with E-state index in [1.807, 2.05) is 6.92 Å². The molecule has 0 saturated heterocycles. The molecule has 1 unspecified atom stereocenters. The van der Waals surface area contributed by atoms with Crippen molar-refractivity contribution in [1.82, 2.24) is 9.97 Å². The second kappa shape index (κ2) is 5.02. The molecule has 0 bridgehead atoms. The molecule has 0 spiro atoms. The first kappa shape index (κ1) is 10.3. The van der Waals surface area contributed by atoms with Crippen molar-refractivity contribution in [3.05, 3.63) is 18.0 Å². The van der Waals surface area contributed by atoms with Crippen LogP contribution in [0.4, 0.5) is 5.95 Å². The Labute approximate surface area is 83.5 Å². The van der Waals surface area contributed by atoms with Crippen LogP contribution >= 0.6 is 11.6 Å². The van der Waals surface area contributed by atoms with Crippen molar-refractivity contribution in [1.29, 1.82) is 0 Å². The van der Waals surface area contributed by atoms with Crippen molar-refractivity contribution >= 4 is 17.5 Å². The Balaban J connectivity index is 2.41. The Morgan fingerprint density at radius 3 is 2.62 bits per heavy atom. The van der Waals surface area contributed by atoms with Gasteiger partial charge in [0.05, 0.1) is 5.38 Å². The molecule has 0 radical (unpaired) electrons. The number of aromatic nitrogens is 2. The molecule has 1 rings (SSSR count). The third-order valence-corrected chi connectivity index (χ3v) is 2.17. The van der Waals surface area contributed by atoms with Gasteiger partial charge in [-0.1, -0.05) is 6.92 Å². The van der Waals surface area contributed by atoms with Gasteiger partial charge in [0.15, 0.2) is 0 Å². The molecule has 1 N–H and O–H groups in total. The molecule has 0 amide bonds. The van der Waals surface area contributed by atoms with E-state index in [1.165, 1.54) is 0 Å². The Kier molecular flexibility index (Phi) is 3.96. The summed E-state index contributed by atoms with van der Waals surface area (Å²) < 4.78 is 0. The van der Waals surface area contributed by atoms with Crippen molar-refractivity contribution in [2.75, 3.05) is 11.9 Å². The highest BCUT2D eigenvalue weighted by atomic mass is 35.5. The van der Waals surface area contributed by atoms with E-state index in [4.69, 9.17) is 11.6 Å². The Hall–Kier alpha value is -0.830. The van der Waals surface area contributed by atoms with Crippen molar-refractivity contribution in [3.8, 4) is 0 Å². The number of hydrogen-bond donors (Lipinski definition) is 1. The lowest BCUT2D eigenvalue weighted by atomic mass is 10.3. The van der Waals surface area contributed by atoms with Crippen LogP contribution < -0.4 is 5.32 Å². The zero-order chi connectivity index (χ0) is 9.68. The van der Waals surface area contributed by atoms with Crippen molar-refractivity contribution in [2.24, 2.45) is 0 Å². The van der Waals surface area contributed by atoms with Crippen LogP contribution in [0.3, 0.4) is 0 Å². The van der Waals surface area contributed by atoms with Crippen molar-refractivity contribution < 1.29 is 0 Å². The number of nitrogens with one attached hydrogen (secondary N) is 1. The monoisotopic (exact) mass is 199 g/mol. The number of aryl methyl sites for hydroxylation is 1. The van der Waals surface area contributed by atoms with Gasteiger partial charge in [0.2, 0.25) is 5.95 Å². The standard InChI is InChI=1S/C9H14ClN3/c1-3-8(10)6-13-9-11-4-7(2)5-12-9/h4-5,8H,3,6H2,1-2H3,(H,11,12,13). The van der Waals surface area contributed by atoms with Crippen LogP contribution in [0.5, 0.6) is 0 Å². The maximum absolute atomic E-state index is 5.93. The molecule has 4 heteroatoms. The van der Waals surface area contributed by atoms with E-state index in [2.05, 4.69) is 22.2 Å². The van der Waals surface area contributed by atoms with Crippen molar-refractivity contribution in [3.63, 3.8) is 0 Å². The largest absolute Gasteiger partial charge is 0.353 e. The summed E-state index contributed by atoms with van der Waals surface area (Å²) in [7, 11) is 0. The topological polar surface area (TPSA) is 37.8 Å². The van der Waals surface area contributed by atoms with Gasteiger partial charge < -0.3 is 5.32 Å². The number of alkyl halides is 1. The normalized spacial score (nSPS) is 12.5. The molecule has 13 heavy (non-hydrogen) atoms. The number of anilines is 1. The van der Waals surface area contributed by atoms with Gasteiger partial charge in [-0.2, -0.15) is 0 Å². The van der Waals surface area contributed by atoms with Gasteiger partial charge in [-0.05, 0) is 18.9 Å². The summed E-state index contributed by atoms with van der Waals surface area (Å²) in [5.74, 6) is 0.643. The summed E-state index contributed by atoms with van der Waals surface area (Å²) >= 11 is 5.93. The molecule has 3 nitrogen and oxygen atoms in total. The highest BCUT2D eigenvalue weighted by Gasteiger charge is 2.01. The minimum Gasteiger partial charge on any atom is -0.353 e. The molecule has 1 aromatic rings. The fourth-order valence-electron chi connectivity index (χ4n) is 0.830. The second-order valence-electron chi connectivity index (χ2n) is 2.97. The van der Waals surface area contributed by atoms with Crippen LogP contribution in [0.25, 0.3) is 0 Å². The average molecular weight is 200 g/mol. The van der Waals surface area contributed by atoms with Gasteiger partial charge in [-0.15, -0.1) is 11.6 Å². The smallest absolute Gasteiger partial charge is 0.222 e. The number of nitrogens with zero attached hydrogens (tertiary/aromatic N) is 2. The Bertz CT molecular complexity index is 248. The summed E-state index contributed by atoms with van der Waals surface area (Å²) in [5, 5.41) is 3.21. The highest BCUT2D eigenvalue weighted by Crippen LogP contribution is 2.03. The fraction of sp³-hybridized carbons (Fsp3) is 0.556. The first-order valence-electron chi connectivity index (χ1n) is 4.39. The molecule has 0 saturated carbocycles. The molecular weight excluding hydrogens is 186 g/mol. The minimum absolute atomic E-state index is 0.143. The molecule has 0 aromatic carbocycles.